The van der Waals surface area contributed by atoms with E-state index >= 15 is 0 Å². The second-order valence-electron chi connectivity index (χ2n) is 4.43. The van der Waals surface area contributed by atoms with Gasteiger partial charge in [0.2, 0.25) is 5.91 Å². The summed E-state index contributed by atoms with van der Waals surface area (Å²) < 4.78 is 23.1. The normalized spacial score (nSPS) is 21.3. The Balaban J connectivity index is 2.32. The number of hydrogen-bond donors (Lipinski definition) is 0. The van der Waals surface area contributed by atoms with Crippen molar-refractivity contribution in [2.75, 3.05) is 22.3 Å². The summed E-state index contributed by atoms with van der Waals surface area (Å²) in [5, 5.41) is 0.557. The molecule has 0 aromatic heterocycles. The van der Waals surface area contributed by atoms with Gasteiger partial charge in [0, 0.05) is 10.7 Å². The number of amides is 1. The number of hydrogen-bond acceptors (Lipinski definition) is 3. The highest BCUT2D eigenvalue weighted by atomic mass is 35.5. The van der Waals surface area contributed by atoms with Crippen molar-refractivity contribution in [2.24, 2.45) is 0 Å². The van der Waals surface area contributed by atoms with Crippen molar-refractivity contribution in [1.29, 1.82) is 0 Å². The van der Waals surface area contributed by atoms with Crippen molar-refractivity contribution >= 4 is 44.6 Å². The van der Waals surface area contributed by atoms with E-state index in [9.17, 15) is 13.2 Å². The van der Waals surface area contributed by atoms with Crippen LogP contribution in [0.2, 0.25) is 5.02 Å². The molecular formula is C12H13Cl2NO3S. The van der Waals surface area contributed by atoms with Gasteiger partial charge in [0.25, 0.3) is 0 Å². The summed E-state index contributed by atoms with van der Waals surface area (Å²) in [6.07, 6.45) is 0.438. The molecule has 0 saturated carbocycles. The predicted octanol–water partition coefficient (Wildman–Crippen LogP) is 2.10. The van der Waals surface area contributed by atoms with Gasteiger partial charge in [0.05, 0.1) is 17.5 Å². The summed E-state index contributed by atoms with van der Waals surface area (Å²) in [4.78, 5) is 13.4. The van der Waals surface area contributed by atoms with Crippen molar-refractivity contribution < 1.29 is 13.2 Å². The van der Waals surface area contributed by atoms with E-state index in [0.717, 1.165) is 0 Å². The van der Waals surface area contributed by atoms with Crippen LogP contribution in [0.1, 0.15) is 6.42 Å². The Hall–Kier alpha value is -0.780. The van der Waals surface area contributed by atoms with Gasteiger partial charge in [0.1, 0.15) is 5.88 Å². The average molecular weight is 322 g/mol. The fraction of sp³-hybridized carbons (Fsp3) is 0.417. The van der Waals surface area contributed by atoms with Gasteiger partial charge in [-0.25, -0.2) is 8.42 Å². The lowest BCUT2D eigenvalue weighted by atomic mass is 10.2. The van der Waals surface area contributed by atoms with Gasteiger partial charge in [0.15, 0.2) is 9.84 Å². The standard InChI is InChI=1S/C12H13Cl2NO3S/c13-7-12(16)15(10-3-1-9(14)2-4-10)11-5-6-19(17,18)8-11/h1-4,11H,5-8H2/t11-/m1/s1. The lowest BCUT2D eigenvalue weighted by Gasteiger charge is -2.27. The molecule has 1 aromatic rings. The SMILES string of the molecule is O=C(CCl)N(c1ccc(Cl)cc1)[C@@H]1CCS(=O)(=O)C1. The zero-order valence-corrected chi connectivity index (χ0v) is 12.4. The van der Waals surface area contributed by atoms with Crippen LogP contribution < -0.4 is 4.90 Å². The first-order valence-corrected chi connectivity index (χ1v) is 8.50. The molecule has 0 bridgehead atoms. The first-order chi connectivity index (χ1) is 8.93. The van der Waals surface area contributed by atoms with E-state index in [4.69, 9.17) is 23.2 Å². The molecule has 1 atom stereocenters. The Morgan fingerprint density at radius 3 is 2.42 bits per heavy atom. The van der Waals surface area contributed by atoms with E-state index in [1.165, 1.54) is 4.90 Å². The minimum atomic E-state index is -3.06. The lowest BCUT2D eigenvalue weighted by molar-refractivity contribution is -0.116. The first kappa shape index (κ1) is 14.6. The van der Waals surface area contributed by atoms with Gasteiger partial charge in [-0.3, -0.25) is 4.79 Å². The average Bonchev–Trinajstić information content (AvgIpc) is 2.72. The summed E-state index contributed by atoms with van der Waals surface area (Å²) in [7, 11) is -3.06. The van der Waals surface area contributed by atoms with Crippen LogP contribution in [0.5, 0.6) is 0 Å². The molecule has 1 fully saturated rings. The molecule has 0 unspecified atom stereocenters. The topological polar surface area (TPSA) is 54.5 Å². The van der Waals surface area contributed by atoms with Crippen LogP contribution in [0.25, 0.3) is 0 Å². The fourth-order valence-electron chi connectivity index (χ4n) is 2.20. The van der Waals surface area contributed by atoms with Gasteiger partial charge >= 0.3 is 0 Å². The Kier molecular flexibility index (Phi) is 4.38. The van der Waals surface area contributed by atoms with Crippen LogP contribution in [-0.4, -0.2) is 37.8 Å². The number of nitrogens with zero attached hydrogens (tertiary/aromatic N) is 1. The molecular weight excluding hydrogens is 309 g/mol. The quantitative estimate of drug-likeness (QED) is 0.801. The second-order valence-corrected chi connectivity index (χ2v) is 7.36. The Bertz CT molecular complexity index is 571. The largest absolute Gasteiger partial charge is 0.307 e. The van der Waals surface area contributed by atoms with E-state index in [2.05, 4.69) is 0 Å². The number of alkyl halides is 1. The van der Waals surface area contributed by atoms with Crippen LogP contribution in [0.15, 0.2) is 24.3 Å². The maximum atomic E-state index is 12.0. The number of anilines is 1. The molecule has 0 spiro atoms. The van der Waals surface area contributed by atoms with Crippen LogP contribution in [-0.2, 0) is 14.6 Å². The molecule has 0 radical (unpaired) electrons. The predicted molar refractivity (Wildman–Crippen MR) is 76.7 cm³/mol. The molecule has 19 heavy (non-hydrogen) atoms. The molecule has 2 rings (SSSR count). The number of carbonyl (C=O) groups is 1. The molecule has 1 aromatic carbocycles. The van der Waals surface area contributed by atoms with E-state index < -0.39 is 9.84 Å². The highest BCUT2D eigenvalue weighted by Gasteiger charge is 2.35. The van der Waals surface area contributed by atoms with Gasteiger partial charge in [-0.15, -0.1) is 11.6 Å². The summed E-state index contributed by atoms with van der Waals surface area (Å²) in [6.45, 7) is 0. The van der Waals surface area contributed by atoms with E-state index in [-0.39, 0.29) is 29.3 Å². The van der Waals surface area contributed by atoms with E-state index in [0.29, 0.717) is 17.1 Å². The zero-order chi connectivity index (χ0) is 14.0. The third-order valence-corrected chi connectivity index (χ3v) is 5.29. The van der Waals surface area contributed by atoms with Gasteiger partial charge in [-0.1, -0.05) is 11.6 Å². The molecule has 0 N–H and O–H groups in total. The third-order valence-electron chi connectivity index (χ3n) is 3.06. The van der Waals surface area contributed by atoms with Crippen LogP contribution in [0.4, 0.5) is 5.69 Å². The smallest absolute Gasteiger partial charge is 0.242 e. The Morgan fingerprint density at radius 1 is 1.32 bits per heavy atom. The minimum absolute atomic E-state index is 0.0156. The molecule has 104 valence electrons. The van der Waals surface area contributed by atoms with Crippen LogP contribution in [0.3, 0.4) is 0 Å². The van der Waals surface area contributed by atoms with Crippen molar-refractivity contribution in [3.63, 3.8) is 0 Å². The van der Waals surface area contributed by atoms with Crippen LogP contribution in [0, 0.1) is 0 Å². The van der Waals surface area contributed by atoms with Crippen molar-refractivity contribution in [3.8, 4) is 0 Å². The first-order valence-electron chi connectivity index (χ1n) is 5.77. The summed E-state index contributed by atoms with van der Waals surface area (Å²) in [6, 6.07) is 6.36. The molecule has 7 heteroatoms. The summed E-state index contributed by atoms with van der Waals surface area (Å²) in [5.41, 5.74) is 0.622. The van der Waals surface area contributed by atoms with Gasteiger partial charge in [-0.05, 0) is 30.7 Å². The van der Waals surface area contributed by atoms with Crippen LogP contribution >= 0.6 is 23.2 Å². The lowest BCUT2D eigenvalue weighted by Crippen LogP contribution is -2.42. The van der Waals surface area contributed by atoms with Crippen molar-refractivity contribution in [1.82, 2.24) is 0 Å². The second kappa shape index (κ2) is 5.69. The molecule has 1 heterocycles. The maximum Gasteiger partial charge on any atom is 0.242 e. The summed E-state index contributed by atoms with van der Waals surface area (Å²) >= 11 is 11.4. The highest BCUT2D eigenvalue weighted by Crippen LogP contribution is 2.26. The fourth-order valence-corrected chi connectivity index (χ4v) is 4.16. The van der Waals surface area contributed by atoms with Gasteiger partial charge < -0.3 is 4.90 Å². The maximum absolute atomic E-state index is 12.0. The van der Waals surface area contributed by atoms with Crippen molar-refractivity contribution in [3.05, 3.63) is 29.3 Å². The van der Waals surface area contributed by atoms with E-state index in [1.54, 1.807) is 24.3 Å². The zero-order valence-electron chi connectivity index (χ0n) is 10.1. The number of halogens is 2. The monoisotopic (exact) mass is 321 g/mol. The van der Waals surface area contributed by atoms with Crippen molar-refractivity contribution in [2.45, 2.75) is 12.5 Å². The molecule has 0 aliphatic carbocycles. The number of benzene rings is 1. The number of sulfone groups is 1. The van der Waals surface area contributed by atoms with E-state index in [1.807, 2.05) is 0 Å². The number of rotatable bonds is 3. The van der Waals surface area contributed by atoms with Gasteiger partial charge in [-0.2, -0.15) is 0 Å². The Labute approximate surface area is 122 Å². The molecule has 1 aliphatic heterocycles. The number of carbonyl (C=O) groups excluding carboxylic acids is 1. The molecule has 1 saturated heterocycles. The molecule has 1 amide bonds. The highest BCUT2D eigenvalue weighted by molar-refractivity contribution is 7.91. The third kappa shape index (κ3) is 3.41. The molecule has 1 aliphatic rings. The Morgan fingerprint density at radius 2 is 1.95 bits per heavy atom. The minimum Gasteiger partial charge on any atom is -0.307 e. The summed E-state index contributed by atoms with van der Waals surface area (Å²) in [5.74, 6) is -0.388. The molecule has 4 nitrogen and oxygen atoms in total.